The van der Waals surface area contributed by atoms with E-state index >= 15 is 0 Å². The summed E-state index contributed by atoms with van der Waals surface area (Å²) >= 11 is 0. The number of hydrogen-bond acceptors (Lipinski definition) is 4. The van der Waals surface area contributed by atoms with Gasteiger partial charge in [0.1, 0.15) is 5.70 Å². The van der Waals surface area contributed by atoms with E-state index in [1.54, 1.807) is 32.1 Å². The molecule has 0 N–H and O–H groups in total. The molecule has 0 bridgehead atoms. The fourth-order valence-electron chi connectivity index (χ4n) is 1.18. The monoisotopic (exact) mass is 234 g/mol. The molecule has 0 aromatic carbocycles. The molecule has 6 heteroatoms. The third-order valence-corrected chi connectivity index (χ3v) is 1.83. The molecule has 1 rings (SSSR count). The van der Waals surface area contributed by atoms with Crippen molar-refractivity contribution in [2.24, 2.45) is 0 Å². The van der Waals surface area contributed by atoms with E-state index in [4.69, 9.17) is 11.3 Å². The van der Waals surface area contributed by atoms with E-state index in [0.29, 0.717) is 12.3 Å². The van der Waals surface area contributed by atoms with Crippen molar-refractivity contribution in [3.05, 3.63) is 30.1 Å². The molecule has 0 saturated carbocycles. The minimum atomic E-state index is -0.449. The number of hydrogen-bond donors (Lipinski definition) is 0. The van der Waals surface area contributed by atoms with Crippen LogP contribution in [-0.4, -0.2) is 41.1 Å². The number of aromatic nitrogens is 2. The van der Waals surface area contributed by atoms with E-state index in [1.165, 1.54) is 17.1 Å². The number of ether oxygens (including phenoxy) is 1. The highest BCUT2D eigenvalue weighted by Crippen LogP contribution is 2.13. The number of carbonyl (C=O) groups is 1. The van der Waals surface area contributed by atoms with Gasteiger partial charge >= 0.3 is 5.97 Å². The molecule has 0 aliphatic rings. The summed E-state index contributed by atoms with van der Waals surface area (Å²) in [6, 6.07) is 0. The molecule has 6 nitrogen and oxygen atoms in total. The molecule has 0 atom stereocenters. The van der Waals surface area contributed by atoms with Crippen molar-refractivity contribution in [2.45, 2.75) is 6.92 Å². The Morgan fingerprint density at radius 1 is 1.71 bits per heavy atom. The van der Waals surface area contributed by atoms with Crippen LogP contribution in [-0.2, 0) is 9.53 Å². The Morgan fingerprint density at radius 3 is 2.88 bits per heavy atom. The zero-order chi connectivity index (χ0) is 12.8. The van der Waals surface area contributed by atoms with Gasteiger partial charge in [0.15, 0.2) is 6.33 Å². The van der Waals surface area contributed by atoms with Gasteiger partial charge in [0.25, 0.3) is 5.82 Å². The molecule has 0 amide bonds. The third kappa shape index (κ3) is 3.34. The van der Waals surface area contributed by atoms with Gasteiger partial charge in [-0.15, -0.1) is 4.98 Å². The SMILES string of the molecule is [C-]#[N+]c1cn(/C(=C/N(C)C)C(=O)OCC)cn1. The van der Waals surface area contributed by atoms with Gasteiger partial charge in [0, 0.05) is 26.5 Å². The largest absolute Gasteiger partial charge is 0.461 e. The highest BCUT2D eigenvalue weighted by Gasteiger charge is 2.15. The lowest BCUT2D eigenvalue weighted by molar-refractivity contribution is -0.136. The fourth-order valence-corrected chi connectivity index (χ4v) is 1.18. The summed E-state index contributed by atoms with van der Waals surface area (Å²) < 4.78 is 6.42. The molecular weight excluding hydrogens is 220 g/mol. The number of esters is 1. The molecule has 0 radical (unpaired) electrons. The molecule has 1 aromatic heterocycles. The second kappa shape index (κ2) is 5.70. The number of imidazole rings is 1. The topological polar surface area (TPSA) is 51.7 Å². The Kier molecular flexibility index (Phi) is 4.29. The van der Waals surface area contributed by atoms with Gasteiger partial charge in [0.2, 0.25) is 0 Å². The molecule has 0 unspecified atom stereocenters. The van der Waals surface area contributed by atoms with Crippen molar-refractivity contribution in [1.29, 1.82) is 0 Å². The molecule has 0 saturated heterocycles. The Balaban J connectivity index is 3.07. The first-order valence-corrected chi connectivity index (χ1v) is 5.05. The van der Waals surface area contributed by atoms with Crippen molar-refractivity contribution in [1.82, 2.24) is 14.5 Å². The number of nitrogens with zero attached hydrogens (tertiary/aromatic N) is 4. The normalized spacial score (nSPS) is 10.8. The first-order valence-electron chi connectivity index (χ1n) is 5.05. The first kappa shape index (κ1) is 12.8. The molecule has 1 aromatic rings. The van der Waals surface area contributed by atoms with Gasteiger partial charge in [-0.25, -0.2) is 4.79 Å². The lowest BCUT2D eigenvalue weighted by Crippen LogP contribution is -2.15. The predicted octanol–water partition coefficient (Wildman–Crippen LogP) is 1.36. The van der Waals surface area contributed by atoms with Gasteiger partial charge in [-0.3, -0.25) is 4.57 Å². The summed E-state index contributed by atoms with van der Waals surface area (Å²) in [6.07, 6.45) is 4.52. The number of rotatable bonds is 4. The molecule has 90 valence electrons. The van der Waals surface area contributed by atoms with Crippen molar-refractivity contribution in [3.8, 4) is 0 Å². The van der Waals surface area contributed by atoms with Crippen molar-refractivity contribution in [2.75, 3.05) is 20.7 Å². The van der Waals surface area contributed by atoms with Crippen molar-refractivity contribution >= 4 is 17.5 Å². The van der Waals surface area contributed by atoms with E-state index < -0.39 is 5.97 Å². The van der Waals surface area contributed by atoms with Crippen LogP contribution in [0.2, 0.25) is 0 Å². The zero-order valence-corrected chi connectivity index (χ0v) is 10.0. The molecule has 1 heterocycles. The van der Waals surface area contributed by atoms with Crippen LogP contribution in [0.25, 0.3) is 10.5 Å². The molecule has 0 aliphatic heterocycles. The Bertz CT molecular complexity index is 468. The summed E-state index contributed by atoms with van der Waals surface area (Å²) in [4.78, 5) is 20.5. The predicted molar refractivity (Wildman–Crippen MR) is 63.1 cm³/mol. The number of carbonyl (C=O) groups excluding carboxylic acids is 1. The second-order valence-corrected chi connectivity index (χ2v) is 3.45. The van der Waals surface area contributed by atoms with Crippen LogP contribution in [0, 0.1) is 6.57 Å². The quantitative estimate of drug-likeness (QED) is 0.448. The molecule has 17 heavy (non-hydrogen) atoms. The third-order valence-electron chi connectivity index (χ3n) is 1.83. The Morgan fingerprint density at radius 2 is 2.41 bits per heavy atom. The first-order chi connectivity index (χ1) is 8.08. The summed E-state index contributed by atoms with van der Waals surface area (Å²) in [5, 5.41) is 0. The molecule has 0 fully saturated rings. The van der Waals surface area contributed by atoms with Gasteiger partial charge in [-0.1, -0.05) is 6.57 Å². The smallest absolute Gasteiger partial charge is 0.356 e. The lowest BCUT2D eigenvalue weighted by atomic mass is 10.4. The van der Waals surface area contributed by atoms with Crippen LogP contribution < -0.4 is 0 Å². The lowest BCUT2D eigenvalue weighted by Gasteiger charge is -2.11. The maximum atomic E-state index is 11.7. The maximum absolute atomic E-state index is 11.7. The molecule has 0 aliphatic carbocycles. The van der Waals surface area contributed by atoms with E-state index in [9.17, 15) is 4.79 Å². The van der Waals surface area contributed by atoms with Gasteiger partial charge < -0.3 is 14.5 Å². The van der Waals surface area contributed by atoms with E-state index in [0.717, 1.165) is 0 Å². The Hall–Kier alpha value is -2.29. The van der Waals surface area contributed by atoms with E-state index in [2.05, 4.69) is 9.83 Å². The maximum Gasteiger partial charge on any atom is 0.356 e. The van der Waals surface area contributed by atoms with Crippen LogP contribution in [0.3, 0.4) is 0 Å². The van der Waals surface area contributed by atoms with Crippen LogP contribution in [0.4, 0.5) is 5.82 Å². The van der Waals surface area contributed by atoms with Gasteiger partial charge in [0.05, 0.1) is 6.61 Å². The zero-order valence-electron chi connectivity index (χ0n) is 10.0. The highest BCUT2D eigenvalue weighted by molar-refractivity contribution is 6.09. The summed E-state index contributed by atoms with van der Waals surface area (Å²) in [5.41, 5.74) is 0.319. The van der Waals surface area contributed by atoms with Crippen LogP contribution in [0.15, 0.2) is 18.7 Å². The minimum Gasteiger partial charge on any atom is -0.461 e. The second-order valence-electron chi connectivity index (χ2n) is 3.45. The molecule has 0 spiro atoms. The van der Waals surface area contributed by atoms with Crippen LogP contribution >= 0.6 is 0 Å². The van der Waals surface area contributed by atoms with Gasteiger partial charge in [-0.05, 0) is 6.92 Å². The highest BCUT2D eigenvalue weighted by atomic mass is 16.5. The fraction of sp³-hybridized carbons (Fsp3) is 0.364. The summed E-state index contributed by atoms with van der Waals surface area (Å²) in [7, 11) is 3.60. The van der Waals surface area contributed by atoms with Crippen LogP contribution in [0.1, 0.15) is 6.92 Å². The van der Waals surface area contributed by atoms with Gasteiger partial charge in [-0.2, -0.15) is 0 Å². The minimum absolute atomic E-state index is 0.235. The Labute approximate surface area is 99.9 Å². The summed E-state index contributed by atoms with van der Waals surface area (Å²) in [6.45, 7) is 8.87. The standard InChI is InChI=1S/C11H14N4O2/c1-5-17-11(16)9(6-14(3)4)15-7-10(12-2)13-8-15/h6-8H,5H2,1,3-4H3/b9-6+. The van der Waals surface area contributed by atoms with Crippen molar-refractivity contribution < 1.29 is 9.53 Å². The molecular formula is C11H14N4O2. The van der Waals surface area contributed by atoms with Crippen molar-refractivity contribution in [3.63, 3.8) is 0 Å². The van der Waals surface area contributed by atoms with Crippen LogP contribution in [0.5, 0.6) is 0 Å². The van der Waals surface area contributed by atoms with E-state index in [-0.39, 0.29) is 5.82 Å². The summed E-state index contributed by atoms with van der Waals surface area (Å²) in [5.74, 6) is -0.214. The average molecular weight is 234 g/mol. The average Bonchev–Trinajstić information content (AvgIpc) is 2.74. The van der Waals surface area contributed by atoms with E-state index in [1.807, 2.05) is 0 Å².